The van der Waals surface area contributed by atoms with E-state index in [4.69, 9.17) is 11.6 Å². The summed E-state index contributed by atoms with van der Waals surface area (Å²) in [6.45, 7) is 3.22. The molecule has 160 valence electrons. The summed E-state index contributed by atoms with van der Waals surface area (Å²) in [6.07, 6.45) is 2.05. The fraction of sp³-hybridized carbons (Fsp3) is 0.409. The smallest absolute Gasteiger partial charge is 0.293 e. The SMILES string of the molecule is CN(C)CCN(Cc1ccc(Cl)cc1)C(=O)c1ccc(N2CCCC2)c([N+](=O)[O-])c1. The summed E-state index contributed by atoms with van der Waals surface area (Å²) in [5.41, 5.74) is 1.86. The van der Waals surface area contributed by atoms with Crippen LogP contribution in [-0.2, 0) is 6.54 Å². The third kappa shape index (κ3) is 5.49. The molecule has 3 rings (SSSR count). The topological polar surface area (TPSA) is 69.9 Å². The van der Waals surface area contributed by atoms with E-state index >= 15 is 0 Å². The van der Waals surface area contributed by atoms with Gasteiger partial charge >= 0.3 is 0 Å². The Balaban J connectivity index is 1.87. The first-order chi connectivity index (χ1) is 14.3. The largest absolute Gasteiger partial charge is 0.366 e. The molecule has 8 heteroatoms. The van der Waals surface area contributed by atoms with Crippen LogP contribution in [0.1, 0.15) is 28.8 Å². The number of carbonyl (C=O) groups excluding carboxylic acids is 1. The fourth-order valence-corrected chi connectivity index (χ4v) is 3.72. The molecule has 30 heavy (non-hydrogen) atoms. The summed E-state index contributed by atoms with van der Waals surface area (Å²) in [7, 11) is 3.89. The Morgan fingerprint density at radius 2 is 1.77 bits per heavy atom. The average Bonchev–Trinajstić information content (AvgIpc) is 3.26. The highest BCUT2D eigenvalue weighted by molar-refractivity contribution is 6.30. The molecule has 1 aliphatic rings. The fourth-order valence-electron chi connectivity index (χ4n) is 3.59. The normalized spacial score (nSPS) is 13.7. The number of anilines is 1. The lowest BCUT2D eigenvalue weighted by atomic mass is 10.1. The molecule has 2 aromatic carbocycles. The van der Waals surface area contributed by atoms with Crippen LogP contribution in [0.5, 0.6) is 0 Å². The first kappa shape index (κ1) is 22.1. The molecular weight excluding hydrogens is 404 g/mol. The zero-order chi connectivity index (χ0) is 21.7. The molecular formula is C22H27ClN4O3. The molecule has 0 aliphatic carbocycles. The van der Waals surface area contributed by atoms with E-state index < -0.39 is 4.92 Å². The predicted octanol–water partition coefficient (Wildman–Crippen LogP) is 4.05. The Bertz CT molecular complexity index is 896. The molecule has 0 saturated carbocycles. The number of benzene rings is 2. The summed E-state index contributed by atoms with van der Waals surface area (Å²) in [5.74, 6) is -0.220. The quantitative estimate of drug-likeness (QED) is 0.466. The van der Waals surface area contributed by atoms with Crippen molar-refractivity contribution in [3.8, 4) is 0 Å². The van der Waals surface area contributed by atoms with Gasteiger partial charge in [0.2, 0.25) is 0 Å². The van der Waals surface area contributed by atoms with Gasteiger partial charge in [-0.1, -0.05) is 23.7 Å². The molecule has 0 bridgehead atoms. The molecule has 1 fully saturated rings. The number of nitro groups is 1. The van der Waals surface area contributed by atoms with Gasteiger partial charge in [0, 0.05) is 49.4 Å². The lowest BCUT2D eigenvalue weighted by molar-refractivity contribution is -0.384. The van der Waals surface area contributed by atoms with Crippen molar-refractivity contribution in [2.75, 3.05) is 45.2 Å². The van der Waals surface area contributed by atoms with E-state index in [1.165, 1.54) is 6.07 Å². The molecule has 1 amide bonds. The number of halogens is 1. The number of likely N-dealkylation sites (N-methyl/N-ethyl adjacent to an activating group) is 1. The highest BCUT2D eigenvalue weighted by Gasteiger charge is 2.25. The standard InChI is InChI=1S/C22H27ClN4O3/c1-24(2)13-14-26(16-17-5-8-19(23)9-6-17)22(28)18-7-10-20(21(15-18)27(29)30)25-11-3-4-12-25/h5-10,15H,3-4,11-14,16H2,1-2H3. The number of amides is 1. The van der Waals surface area contributed by atoms with E-state index in [-0.39, 0.29) is 11.6 Å². The van der Waals surface area contributed by atoms with Crippen LogP contribution in [0.2, 0.25) is 5.02 Å². The Labute approximate surface area is 182 Å². The zero-order valence-electron chi connectivity index (χ0n) is 17.4. The van der Waals surface area contributed by atoms with Gasteiger partial charge in [0.05, 0.1) is 4.92 Å². The van der Waals surface area contributed by atoms with Crippen molar-refractivity contribution in [3.05, 3.63) is 68.7 Å². The third-order valence-electron chi connectivity index (χ3n) is 5.26. The van der Waals surface area contributed by atoms with Crippen LogP contribution < -0.4 is 4.90 Å². The van der Waals surface area contributed by atoms with Crippen molar-refractivity contribution in [3.63, 3.8) is 0 Å². The highest BCUT2D eigenvalue weighted by atomic mass is 35.5. The molecule has 7 nitrogen and oxygen atoms in total. The lowest BCUT2D eigenvalue weighted by Crippen LogP contribution is -2.36. The Morgan fingerprint density at radius 3 is 2.37 bits per heavy atom. The van der Waals surface area contributed by atoms with Gasteiger partial charge in [0.25, 0.3) is 11.6 Å². The molecule has 1 heterocycles. The minimum Gasteiger partial charge on any atom is -0.366 e. The number of hydrogen-bond acceptors (Lipinski definition) is 5. The second-order valence-electron chi connectivity index (χ2n) is 7.81. The van der Waals surface area contributed by atoms with Gasteiger partial charge in [-0.15, -0.1) is 0 Å². The first-order valence-corrected chi connectivity index (χ1v) is 10.4. The zero-order valence-corrected chi connectivity index (χ0v) is 18.1. The Kier molecular flexibility index (Phi) is 7.29. The van der Waals surface area contributed by atoms with Gasteiger partial charge in [0.1, 0.15) is 5.69 Å². The van der Waals surface area contributed by atoms with Crippen molar-refractivity contribution in [1.29, 1.82) is 0 Å². The molecule has 0 atom stereocenters. The van der Waals surface area contributed by atoms with Crippen molar-refractivity contribution in [2.45, 2.75) is 19.4 Å². The number of rotatable bonds is 8. The van der Waals surface area contributed by atoms with Crippen LogP contribution in [0.15, 0.2) is 42.5 Å². The van der Waals surface area contributed by atoms with Crippen LogP contribution in [0.25, 0.3) is 0 Å². The summed E-state index contributed by atoms with van der Waals surface area (Å²) in [6, 6.07) is 12.2. The van der Waals surface area contributed by atoms with Crippen LogP contribution in [0.3, 0.4) is 0 Å². The molecule has 1 aliphatic heterocycles. The summed E-state index contributed by atoms with van der Waals surface area (Å²) < 4.78 is 0. The summed E-state index contributed by atoms with van der Waals surface area (Å²) >= 11 is 5.97. The molecule has 0 spiro atoms. The molecule has 2 aromatic rings. The molecule has 0 N–H and O–H groups in total. The van der Waals surface area contributed by atoms with Crippen LogP contribution in [-0.4, -0.2) is 60.9 Å². The maximum Gasteiger partial charge on any atom is 0.293 e. The van der Waals surface area contributed by atoms with Gasteiger partial charge in [-0.2, -0.15) is 0 Å². The van der Waals surface area contributed by atoms with E-state index in [9.17, 15) is 14.9 Å². The van der Waals surface area contributed by atoms with Gasteiger partial charge in [-0.25, -0.2) is 0 Å². The second kappa shape index (κ2) is 9.91. The molecule has 0 unspecified atom stereocenters. The van der Waals surface area contributed by atoms with Gasteiger partial charge < -0.3 is 14.7 Å². The Hall–Kier alpha value is -2.64. The molecule has 0 radical (unpaired) electrons. The lowest BCUT2D eigenvalue weighted by Gasteiger charge is -2.25. The minimum atomic E-state index is -0.395. The van der Waals surface area contributed by atoms with E-state index in [1.807, 2.05) is 36.0 Å². The van der Waals surface area contributed by atoms with Crippen molar-refractivity contribution < 1.29 is 9.72 Å². The number of hydrogen-bond donors (Lipinski definition) is 0. The first-order valence-electron chi connectivity index (χ1n) is 10.1. The van der Waals surface area contributed by atoms with E-state index in [0.717, 1.165) is 31.5 Å². The van der Waals surface area contributed by atoms with Crippen LogP contribution in [0.4, 0.5) is 11.4 Å². The summed E-state index contributed by atoms with van der Waals surface area (Å²) in [5, 5.41) is 12.3. The van der Waals surface area contributed by atoms with Gasteiger partial charge in [-0.05, 0) is 56.8 Å². The number of carbonyl (C=O) groups is 1. The Morgan fingerprint density at radius 1 is 1.10 bits per heavy atom. The predicted molar refractivity (Wildman–Crippen MR) is 119 cm³/mol. The second-order valence-corrected chi connectivity index (χ2v) is 8.25. The third-order valence-corrected chi connectivity index (χ3v) is 5.51. The summed E-state index contributed by atoms with van der Waals surface area (Å²) in [4.78, 5) is 30.3. The van der Waals surface area contributed by atoms with Crippen molar-refractivity contribution in [1.82, 2.24) is 9.80 Å². The van der Waals surface area contributed by atoms with Crippen LogP contribution >= 0.6 is 11.6 Å². The number of nitro benzene ring substituents is 1. The maximum atomic E-state index is 13.3. The van der Waals surface area contributed by atoms with Crippen LogP contribution in [0, 0.1) is 10.1 Å². The van der Waals surface area contributed by atoms with E-state index in [0.29, 0.717) is 35.9 Å². The van der Waals surface area contributed by atoms with Crippen molar-refractivity contribution in [2.24, 2.45) is 0 Å². The number of nitrogens with zero attached hydrogens (tertiary/aromatic N) is 4. The van der Waals surface area contributed by atoms with E-state index in [1.54, 1.807) is 29.2 Å². The van der Waals surface area contributed by atoms with Gasteiger partial charge in [-0.3, -0.25) is 14.9 Å². The average molecular weight is 431 g/mol. The minimum absolute atomic E-state index is 0.0122. The van der Waals surface area contributed by atoms with E-state index in [2.05, 4.69) is 0 Å². The molecule has 0 aromatic heterocycles. The monoisotopic (exact) mass is 430 g/mol. The van der Waals surface area contributed by atoms with Gasteiger partial charge in [0.15, 0.2) is 0 Å². The van der Waals surface area contributed by atoms with Crippen molar-refractivity contribution >= 4 is 28.9 Å². The molecule has 1 saturated heterocycles. The maximum absolute atomic E-state index is 13.3. The highest BCUT2D eigenvalue weighted by Crippen LogP contribution is 2.32.